The number of rotatable bonds is 5. The van der Waals surface area contributed by atoms with Crippen molar-refractivity contribution in [1.29, 1.82) is 0 Å². The van der Waals surface area contributed by atoms with Crippen molar-refractivity contribution in [3.63, 3.8) is 0 Å². The van der Waals surface area contributed by atoms with Crippen molar-refractivity contribution >= 4 is 15.9 Å². The molecule has 2 rings (SSSR count). The number of hydrazine groups is 1. The van der Waals surface area contributed by atoms with Crippen LogP contribution in [0.5, 0.6) is 5.75 Å². The van der Waals surface area contributed by atoms with Gasteiger partial charge in [-0.15, -0.1) is 0 Å². The molecule has 102 valence electrons. The van der Waals surface area contributed by atoms with Crippen LogP contribution in [0, 0.1) is 0 Å². The zero-order chi connectivity index (χ0) is 13.8. The molecule has 0 spiro atoms. The Morgan fingerprint density at radius 2 is 2.26 bits per heavy atom. The van der Waals surface area contributed by atoms with Crippen molar-refractivity contribution in [2.24, 2.45) is 12.9 Å². The number of benzene rings is 1. The predicted molar refractivity (Wildman–Crippen MR) is 77.7 cm³/mol. The first-order valence-electron chi connectivity index (χ1n) is 5.92. The summed E-state index contributed by atoms with van der Waals surface area (Å²) in [4.78, 5) is 0. The van der Waals surface area contributed by atoms with Crippen LogP contribution in [0.1, 0.15) is 17.3 Å². The zero-order valence-corrected chi connectivity index (χ0v) is 12.5. The number of methoxy groups -OCH3 is 1. The molecule has 2 aromatic rings. The van der Waals surface area contributed by atoms with E-state index in [1.54, 1.807) is 11.8 Å². The molecule has 0 fully saturated rings. The summed E-state index contributed by atoms with van der Waals surface area (Å²) in [5.41, 5.74) is 4.82. The quantitative estimate of drug-likeness (QED) is 0.651. The Labute approximate surface area is 120 Å². The van der Waals surface area contributed by atoms with Crippen molar-refractivity contribution < 1.29 is 4.74 Å². The highest BCUT2D eigenvalue weighted by Gasteiger charge is 2.16. The number of nitrogens with two attached hydrogens (primary N) is 1. The van der Waals surface area contributed by atoms with Gasteiger partial charge < -0.3 is 4.74 Å². The Morgan fingerprint density at radius 1 is 1.47 bits per heavy atom. The van der Waals surface area contributed by atoms with Gasteiger partial charge in [-0.25, -0.2) is 0 Å². The summed E-state index contributed by atoms with van der Waals surface area (Å²) in [5, 5.41) is 4.37. The largest absolute Gasteiger partial charge is 0.496 e. The molecule has 1 heterocycles. The summed E-state index contributed by atoms with van der Waals surface area (Å²) in [5.74, 6) is 6.47. The first-order valence-corrected chi connectivity index (χ1v) is 6.71. The molecular formula is C13H17BrN4O. The molecular weight excluding hydrogens is 308 g/mol. The third-order valence-corrected chi connectivity index (χ3v) is 3.45. The van der Waals surface area contributed by atoms with E-state index < -0.39 is 0 Å². The average molecular weight is 325 g/mol. The van der Waals surface area contributed by atoms with Crippen LogP contribution < -0.4 is 16.0 Å². The summed E-state index contributed by atoms with van der Waals surface area (Å²) < 4.78 is 8.15. The Hall–Kier alpha value is -1.37. The third kappa shape index (κ3) is 3.34. The van der Waals surface area contributed by atoms with Gasteiger partial charge in [-0.1, -0.05) is 22.0 Å². The normalized spacial score (nSPS) is 12.4. The highest BCUT2D eigenvalue weighted by Crippen LogP contribution is 2.29. The van der Waals surface area contributed by atoms with E-state index in [9.17, 15) is 0 Å². The van der Waals surface area contributed by atoms with Gasteiger partial charge in [-0.3, -0.25) is 16.0 Å². The maximum atomic E-state index is 5.67. The second-order valence-electron chi connectivity index (χ2n) is 4.29. The molecule has 0 radical (unpaired) electrons. The van der Waals surface area contributed by atoms with E-state index in [2.05, 4.69) is 26.5 Å². The predicted octanol–water partition coefficient (Wildman–Crippen LogP) is 1.94. The van der Waals surface area contributed by atoms with Gasteiger partial charge in [0, 0.05) is 29.7 Å². The minimum Gasteiger partial charge on any atom is -0.496 e. The molecule has 1 aromatic carbocycles. The summed E-state index contributed by atoms with van der Waals surface area (Å²) in [7, 11) is 3.55. The van der Waals surface area contributed by atoms with Gasteiger partial charge in [-0.2, -0.15) is 5.10 Å². The molecule has 6 heteroatoms. The van der Waals surface area contributed by atoms with Crippen molar-refractivity contribution in [3.8, 4) is 5.75 Å². The van der Waals surface area contributed by atoms with Crippen molar-refractivity contribution in [3.05, 3.63) is 46.2 Å². The number of hydrogen-bond donors (Lipinski definition) is 2. The first-order chi connectivity index (χ1) is 9.13. The Morgan fingerprint density at radius 3 is 2.84 bits per heavy atom. The van der Waals surface area contributed by atoms with Gasteiger partial charge in [0.1, 0.15) is 5.75 Å². The number of aromatic nitrogens is 2. The van der Waals surface area contributed by atoms with E-state index in [4.69, 9.17) is 10.6 Å². The van der Waals surface area contributed by atoms with Gasteiger partial charge in [0.25, 0.3) is 0 Å². The SMILES string of the molecule is COc1cc(Br)ccc1C(Cc1ccn(C)n1)NN. The summed E-state index contributed by atoms with van der Waals surface area (Å²) in [6.45, 7) is 0. The van der Waals surface area contributed by atoms with Gasteiger partial charge in [-0.05, 0) is 18.2 Å². The molecule has 5 nitrogen and oxygen atoms in total. The molecule has 0 aliphatic heterocycles. The Bertz CT molecular complexity index is 555. The molecule has 0 saturated heterocycles. The fourth-order valence-corrected chi connectivity index (χ4v) is 2.35. The molecule has 0 amide bonds. The van der Waals surface area contributed by atoms with E-state index in [1.165, 1.54) is 0 Å². The van der Waals surface area contributed by atoms with Gasteiger partial charge in [0.05, 0.1) is 18.8 Å². The van der Waals surface area contributed by atoms with Gasteiger partial charge in [0.15, 0.2) is 0 Å². The van der Waals surface area contributed by atoms with E-state index in [-0.39, 0.29) is 6.04 Å². The van der Waals surface area contributed by atoms with Crippen LogP contribution >= 0.6 is 15.9 Å². The smallest absolute Gasteiger partial charge is 0.124 e. The molecule has 0 aliphatic carbocycles. The summed E-state index contributed by atoms with van der Waals surface area (Å²) in [6, 6.07) is 7.84. The maximum Gasteiger partial charge on any atom is 0.124 e. The van der Waals surface area contributed by atoms with E-state index >= 15 is 0 Å². The lowest BCUT2D eigenvalue weighted by atomic mass is 10.0. The lowest BCUT2D eigenvalue weighted by Gasteiger charge is -2.18. The van der Waals surface area contributed by atoms with Crippen molar-refractivity contribution in [2.45, 2.75) is 12.5 Å². The fraction of sp³-hybridized carbons (Fsp3) is 0.308. The molecule has 0 aliphatic rings. The zero-order valence-electron chi connectivity index (χ0n) is 10.9. The van der Waals surface area contributed by atoms with Crippen LogP contribution in [0.25, 0.3) is 0 Å². The van der Waals surface area contributed by atoms with Crippen LogP contribution in [0.15, 0.2) is 34.9 Å². The monoisotopic (exact) mass is 324 g/mol. The average Bonchev–Trinajstić information content (AvgIpc) is 2.81. The second kappa shape index (κ2) is 6.18. The lowest BCUT2D eigenvalue weighted by molar-refractivity contribution is 0.398. The topological polar surface area (TPSA) is 65.1 Å². The minimum absolute atomic E-state index is 0.0436. The van der Waals surface area contributed by atoms with Crippen LogP contribution in [0.4, 0.5) is 0 Å². The van der Waals surface area contributed by atoms with Crippen molar-refractivity contribution in [1.82, 2.24) is 15.2 Å². The van der Waals surface area contributed by atoms with Crippen molar-refractivity contribution in [2.75, 3.05) is 7.11 Å². The lowest BCUT2D eigenvalue weighted by Crippen LogP contribution is -2.30. The van der Waals surface area contributed by atoms with E-state index in [0.717, 1.165) is 21.5 Å². The van der Waals surface area contributed by atoms with Crippen LogP contribution in [0.2, 0.25) is 0 Å². The number of nitrogens with one attached hydrogen (secondary N) is 1. The van der Waals surface area contributed by atoms with Crippen LogP contribution in [-0.2, 0) is 13.5 Å². The number of hydrogen-bond acceptors (Lipinski definition) is 4. The minimum atomic E-state index is -0.0436. The molecule has 3 N–H and O–H groups in total. The number of ether oxygens (including phenoxy) is 1. The number of halogens is 1. The second-order valence-corrected chi connectivity index (χ2v) is 5.21. The molecule has 1 aromatic heterocycles. The number of nitrogens with zero attached hydrogens (tertiary/aromatic N) is 2. The third-order valence-electron chi connectivity index (χ3n) is 2.95. The van der Waals surface area contributed by atoms with Crippen LogP contribution in [0.3, 0.4) is 0 Å². The number of aryl methyl sites for hydroxylation is 1. The first kappa shape index (κ1) is 14.0. The van der Waals surface area contributed by atoms with Crippen LogP contribution in [-0.4, -0.2) is 16.9 Å². The molecule has 1 unspecified atom stereocenters. The maximum absolute atomic E-state index is 5.67. The highest BCUT2D eigenvalue weighted by molar-refractivity contribution is 9.10. The molecule has 0 bridgehead atoms. The van der Waals surface area contributed by atoms with E-state index in [0.29, 0.717) is 6.42 Å². The molecule has 1 atom stereocenters. The standard InChI is InChI=1S/C13H17BrN4O/c1-18-6-5-10(17-18)8-12(16-15)11-4-3-9(14)7-13(11)19-2/h3-7,12,16H,8,15H2,1-2H3. The Kier molecular flexibility index (Phi) is 4.57. The van der Waals surface area contributed by atoms with Gasteiger partial charge >= 0.3 is 0 Å². The fourth-order valence-electron chi connectivity index (χ4n) is 2.01. The van der Waals surface area contributed by atoms with Gasteiger partial charge in [0.2, 0.25) is 0 Å². The van der Waals surface area contributed by atoms with E-state index in [1.807, 2.05) is 37.5 Å². The highest BCUT2D eigenvalue weighted by atomic mass is 79.9. The Balaban J connectivity index is 2.26. The summed E-state index contributed by atoms with van der Waals surface area (Å²) >= 11 is 3.43. The molecule has 19 heavy (non-hydrogen) atoms. The summed E-state index contributed by atoms with van der Waals surface area (Å²) in [6.07, 6.45) is 2.62. The molecule has 0 saturated carbocycles.